The van der Waals surface area contributed by atoms with Crippen molar-refractivity contribution >= 4 is 35.8 Å². The largest absolute Gasteiger partial charge is 0.322 e. The number of carbonyl (C=O) groups is 1. The summed E-state index contributed by atoms with van der Waals surface area (Å²) in [5.41, 5.74) is 3.33. The van der Waals surface area contributed by atoms with Gasteiger partial charge in [-0.25, -0.2) is 0 Å². The first-order valence-electron chi connectivity index (χ1n) is 5.84. The summed E-state index contributed by atoms with van der Waals surface area (Å²) < 4.78 is 0. The fourth-order valence-corrected chi connectivity index (χ4v) is 2.15. The third-order valence-electron chi connectivity index (χ3n) is 2.84. The Bertz CT molecular complexity index is 640. The lowest BCUT2D eigenvalue weighted by atomic mass is 10.1. The zero-order valence-corrected chi connectivity index (χ0v) is 12.3. The first kappa shape index (κ1) is 14.0. The normalized spacial score (nSPS) is 10.3. The van der Waals surface area contributed by atoms with E-state index in [1.54, 1.807) is 18.2 Å². The van der Waals surface area contributed by atoms with Crippen molar-refractivity contribution in [1.29, 1.82) is 0 Å². The van der Waals surface area contributed by atoms with E-state index in [-0.39, 0.29) is 5.91 Å². The van der Waals surface area contributed by atoms with Gasteiger partial charge >= 0.3 is 0 Å². The van der Waals surface area contributed by atoms with Crippen molar-refractivity contribution in [3.05, 3.63) is 58.1 Å². The van der Waals surface area contributed by atoms with Gasteiger partial charge < -0.3 is 5.32 Å². The molecule has 0 radical (unpaired) electrons. The standard InChI is InChI=1S/C15H14ClNOS/c1-9-3-4-10(2)14(7-9)17-15(18)12-8-11(19)5-6-13(12)16/h3-8,19H,1-2H3,(H,17,18). The average molecular weight is 292 g/mol. The summed E-state index contributed by atoms with van der Waals surface area (Å²) >= 11 is 10.3. The maximum absolute atomic E-state index is 12.2. The van der Waals surface area contributed by atoms with Crippen LogP contribution in [-0.4, -0.2) is 5.91 Å². The van der Waals surface area contributed by atoms with Crippen molar-refractivity contribution < 1.29 is 4.79 Å². The predicted molar refractivity (Wildman–Crippen MR) is 82.6 cm³/mol. The molecule has 98 valence electrons. The zero-order valence-electron chi connectivity index (χ0n) is 10.7. The highest BCUT2D eigenvalue weighted by Crippen LogP contribution is 2.22. The summed E-state index contributed by atoms with van der Waals surface area (Å²) in [4.78, 5) is 12.9. The van der Waals surface area contributed by atoms with Crippen LogP contribution in [0.1, 0.15) is 21.5 Å². The van der Waals surface area contributed by atoms with Gasteiger partial charge in [0.1, 0.15) is 0 Å². The highest BCUT2D eigenvalue weighted by atomic mass is 35.5. The fourth-order valence-electron chi connectivity index (χ4n) is 1.75. The number of amides is 1. The number of aryl methyl sites for hydroxylation is 2. The summed E-state index contributed by atoms with van der Waals surface area (Å²) in [6.45, 7) is 3.93. The van der Waals surface area contributed by atoms with Crippen molar-refractivity contribution in [2.24, 2.45) is 0 Å². The van der Waals surface area contributed by atoms with Gasteiger partial charge in [0.2, 0.25) is 0 Å². The Morgan fingerprint density at radius 3 is 2.63 bits per heavy atom. The van der Waals surface area contributed by atoms with Crippen molar-refractivity contribution in [3.63, 3.8) is 0 Å². The Labute approximate surface area is 123 Å². The number of nitrogens with one attached hydrogen (secondary N) is 1. The maximum atomic E-state index is 12.2. The smallest absolute Gasteiger partial charge is 0.257 e. The lowest BCUT2D eigenvalue weighted by Crippen LogP contribution is -2.13. The number of halogens is 1. The van der Waals surface area contributed by atoms with E-state index >= 15 is 0 Å². The van der Waals surface area contributed by atoms with Crippen molar-refractivity contribution in [2.45, 2.75) is 18.7 Å². The van der Waals surface area contributed by atoms with Gasteiger partial charge in [-0.15, -0.1) is 12.6 Å². The minimum absolute atomic E-state index is 0.227. The molecule has 0 fully saturated rings. The van der Waals surface area contributed by atoms with Gasteiger partial charge in [-0.1, -0.05) is 23.7 Å². The van der Waals surface area contributed by atoms with E-state index in [9.17, 15) is 4.79 Å². The molecule has 19 heavy (non-hydrogen) atoms. The molecule has 0 aromatic heterocycles. The van der Waals surface area contributed by atoms with Crippen LogP contribution in [0.5, 0.6) is 0 Å². The Balaban J connectivity index is 2.30. The SMILES string of the molecule is Cc1ccc(C)c(NC(=O)c2cc(S)ccc2Cl)c1. The summed E-state index contributed by atoms with van der Waals surface area (Å²) in [6.07, 6.45) is 0. The number of carbonyl (C=O) groups excluding carboxylic acids is 1. The molecule has 0 aliphatic rings. The van der Waals surface area contributed by atoms with Crippen LogP contribution in [0, 0.1) is 13.8 Å². The van der Waals surface area contributed by atoms with E-state index < -0.39 is 0 Å². The van der Waals surface area contributed by atoms with E-state index in [1.165, 1.54) is 0 Å². The van der Waals surface area contributed by atoms with Crippen LogP contribution < -0.4 is 5.32 Å². The topological polar surface area (TPSA) is 29.1 Å². The molecular weight excluding hydrogens is 278 g/mol. The average Bonchev–Trinajstić information content (AvgIpc) is 2.36. The lowest BCUT2D eigenvalue weighted by molar-refractivity contribution is 0.102. The van der Waals surface area contributed by atoms with Crippen LogP contribution in [0.4, 0.5) is 5.69 Å². The van der Waals surface area contributed by atoms with E-state index in [0.717, 1.165) is 16.8 Å². The van der Waals surface area contributed by atoms with Crippen LogP contribution in [-0.2, 0) is 0 Å². The molecule has 0 atom stereocenters. The zero-order chi connectivity index (χ0) is 14.0. The molecule has 0 heterocycles. The molecule has 0 unspecified atom stereocenters. The molecule has 0 spiro atoms. The van der Waals surface area contributed by atoms with Gasteiger partial charge in [-0.3, -0.25) is 4.79 Å². The molecule has 1 N–H and O–H groups in total. The van der Waals surface area contributed by atoms with Crippen molar-refractivity contribution in [1.82, 2.24) is 0 Å². The molecule has 0 aliphatic heterocycles. The second-order valence-electron chi connectivity index (χ2n) is 4.44. The quantitative estimate of drug-likeness (QED) is 0.784. The van der Waals surface area contributed by atoms with Crippen LogP contribution >= 0.6 is 24.2 Å². The predicted octanol–water partition coefficient (Wildman–Crippen LogP) is 4.50. The second kappa shape index (κ2) is 5.68. The third-order valence-corrected chi connectivity index (χ3v) is 3.44. The number of benzene rings is 2. The first-order chi connectivity index (χ1) is 8.97. The Hall–Kier alpha value is -1.45. The molecule has 1 amide bonds. The Morgan fingerprint density at radius 2 is 1.89 bits per heavy atom. The molecule has 2 aromatic carbocycles. The minimum atomic E-state index is -0.227. The maximum Gasteiger partial charge on any atom is 0.257 e. The molecule has 4 heteroatoms. The monoisotopic (exact) mass is 291 g/mol. The summed E-state index contributed by atoms with van der Waals surface area (Å²) in [6, 6.07) is 11.0. The molecule has 0 bridgehead atoms. The van der Waals surface area contributed by atoms with Gasteiger partial charge in [-0.2, -0.15) is 0 Å². The van der Waals surface area contributed by atoms with E-state index in [4.69, 9.17) is 11.6 Å². The van der Waals surface area contributed by atoms with Gasteiger partial charge in [0.05, 0.1) is 10.6 Å². The molecule has 0 aliphatic carbocycles. The van der Waals surface area contributed by atoms with Crippen molar-refractivity contribution in [3.8, 4) is 0 Å². The number of anilines is 1. The molecule has 2 rings (SSSR count). The number of thiol groups is 1. The molecule has 2 aromatic rings. The first-order valence-corrected chi connectivity index (χ1v) is 6.67. The highest BCUT2D eigenvalue weighted by Gasteiger charge is 2.12. The molecule has 0 saturated carbocycles. The molecule has 2 nitrogen and oxygen atoms in total. The summed E-state index contributed by atoms with van der Waals surface area (Å²) in [5, 5.41) is 3.30. The Morgan fingerprint density at radius 1 is 1.16 bits per heavy atom. The van der Waals surface area contributed by atoms with Crippen LogP contribution in [0.15, 0.2) is 41.3 Å². The molecule has 0 saturated heterocycles. The van der Waals surface area contributed by atoms with Gasteiger partial charge in [0, 0.05) is 10.6 Å². The van der Waals surface area contributed by atoms with Gasteiger partial charge in [0.25, 0.3) is 5.91 Å². The van der Waals surface area contributed by atoms with Crippen LogP contribution in [0.2, 0.25) is 5.02 Å². The second-order valence-corrected chi connectivity index (χ2v) is 5.36. The number of hydrogen-bond donors (Lipinski definition) is 2. The number of hydrogen-bond acceptors (Lipinski definition) is 2. The molecular formula is C15H14ClNOS. The van der Waals surface area contributed by atoms with E-state index in [0.29, 0.717) is 15.5 Å². The van der Waals surface area contributed by atoms with Gasteiger partial charge in [-0.05, 0) is 49.2 Å². The summed E-state index contributed by atoms with van der Waals surface area (Å²) in [7, 11) is 0. The Kier molecular flexibility index (Phi) is 4.17. The van der Waals surface area contributed by atoms with Crippen LogP contribution in [0.3, 0.4) is 0 Å². The third kappa shape index (κ3) is 3.31. The van der Waals surface area contributed by atoms with Crippen molar-refractivity contribution in [2.75, 3.05) is 5.32 Å². The fraction of sp³-hybridized carbons (Fsp3) is 0.133. The number of rotatable bonds is 2. The van der Waals surface area contributed by atoms with Gasteiger partial charge in [0.15, 0.2) is 0 Å². The van der Waals surface area contributed by atoms with E-state index in [2.05, 4.69) is 17.9 Å². The highest BCUT2D eigenvalue weighted by molar-refractivity contribution is 7.80. The summed E-state index contributed by atoms with van der Waals surface area (Å²) in [5.74, 6) is -0.227. The lowest BCUT2D eigenvalue weighted by Gasteiger charge is -2.10. The minimum Gasteiger partial charge on any atom is -0.322 e. The van der Waals surface area contributed by atoms with Crippen LogP contribution in [0.25, 0.3) is 0 Å². The van der Waals surface area contributed by atoms with E-state index in [1.807, 2.05) is 32.0 Å².